The molecule has 1 aliphatic heterocycles. The molecule has 3 N–H and O–H groups in total. The fourth-order valence-corrected chi connectivity index (χ4v) is 3.77. The second kappa shape index (κ2) is 8.86. The summed E-state index contributed by atoms with van der Waals surface area (Å²) in [7, 11) is 0. The van der Waals surface area contributed by atoms with Crippen molar-refractivity contribution in [3.05, 3.63) is 80.2 Å². The first-order valence-electron chi connectivity index (χ1n) is 9.88. The molecule has 8 heteroatoms. The average Bonchev–Trinajstić information content (AvgIpc) is 2.72. The van der Waals surface area contributed by atoms with Crippen molar-refractivity contribution in [2.45, 2.75) is 26.7 Å². The number of fused-ring (bicyclic) bond motifs is 1. The van der Waals surface area contributed by atoms with Crippen LogP contribution in [0.2, 0.25) is 0 Å². The number of hydrogen-bond acceptors (Lipinski definition) is 6. The van der Waals surface area contributed by atoms with Crippen molar-refractivity contribution in [3.63, 3.8) is 0 Å². The number of aromatic nitrogens is 2. The minimum Gasteiger partial charge on any atom is -0.458 e. The smallest absolute Gasteiger partial charge is 0.337 e. The molecule has 0 fully saturated rings. The van der Waals surface area contributed by atoms with E-state index in [1.807, 2.05) is 24.3 Å². The van der Waals surface area contributed by atoms with Crippen molar-refractivity contribution in [3.8, 4) is 0 Å². The first-order valence-corrected chi connectivity index (χ1v) is 9.88. The molecule has 158 valence electrons. The molecular weight excluding hydrogens is 384 g/mol. The van der Waals surface area contributed by atoms with Crippen molar-refractivity contribution < 1.29 is 9.53 Å². The number of nitrogens with zero attached hydrogens (tertiary/aromatic N) is 1. The number of nitrogens with one attached hydrogen (secondary N) is 3. The molecule has 1 aromatic heterocycles. The van der Waals surface area contributed by atoms with Gasteiger partial charge in [0.05, 0.1) is 17.1 Å². The van der Waals surface area contributed by atoms with E-state index in [9.17, 15) is 14.4 Å². The number of hydrogen-bond donors (Lipinski definition) is 3. The highest BCUT2D eigenvalue weighted by Crippen LogP contribution is 2.39. The lowest BCUT2D eigenvalue weighted by atomic mass is 9.82. The molecule has 0 unspecified atom stereocenters. The van der Waals surface area contributed by atoms with Crippen LogP contribution in [0.3, 0.4) is 0 Å². The topological polar surface area (TPSA) is 107 Å². The zero-order valence-corrected chi connectivity index (χ0v) is 17.4. The Morgan fingerprint density at radius 2 is 1.83 bits per heavy atom. The van der Waals surface area contributed by atoms with Gasteiger partial charge in [0.1, 0.15) is 12.4 Å². The van der Waals surface area contributed by atoms with Gasteiger partial charge >= 0.3 is 11.7 Å². The number of benzene rings is 1. The summed E-state index contributed by atoms with van der Waals surface area (Å²) in [6, 6.07) is 7.72. The van der Waals surface area contributed by atoms with E-state index in [0.29, 0.717) is 11.3 Å². The zero-order chi connectivity index (χ0) is 21.8. The van der Waals surface area contributed by atoms with E-state index in [-0.39, 0.29) is 18.0 Å². The second-order valence-corrected chi connectivity index (χ2v) is 6.94. The van der Waals surface area contributed by atoms with Crippen molar-refractivity contribution in [1.82, 2.24) is 9.97 Å². The van der Waals surface area contributed by atoms with Crippen LogP contribution in [0.4, 0.5) is 11.5 Å². The average molecular weight is 410 g/mol. The summed E-state index contributed by atoms with van der Waals surface area (Å²) in [5.74, 6) is -0.960. The summed E-state index contributed by atoms with van der Waals surface area (Å²) >= 11 is 0. The van der Waals surface area contributed by atoms with Crippen molar-refractivity contribution in [1.29, 1.82) is 0 Å². The predicted octanol–water partition coefficient (Wildman–Crippen LogP) is 2.47. The lowest BCUT2D eigenvalue weighted by molar-refractivity contribution is -0.138. The Morgan fingerprint density at radius 3 is 2.43 bits per heavy atom. The van der Waals surface area contributed by atoms with E-state index in [1.54, 1.807) is 6.92 Å². The Balaban J connectivity index is 2.16. The van der Waals surface area contributed by atoms with Crippen LogP contribution < -0.4 is 21.5 Å². The fourth-order valence-electron chi connectivity index (χ4n) is 3.77. The maximum atomic E-state index is 12.8. The van der Waals surface area contributed by atoms with Crippen LogP contribution in [0.1, 0.15) is 37.8 Å². The first-order chi connectivity index (χ1) is 14.4. The van der Waals surface area contributed by atoms with Gasteiger partial charge in [0, 0.05) is 24.5 Å². The summed E-state index contributed by atoms with van der Waals surface area (Å²) in [5.41, 5.74) is 1.71. The predicted molar refractivity (Wildman–Crippen MR) is 117 cm³/mol. The first kappa shape index (κ1) is 21.2. The Labute approximate surface area is 174 Å². The van der Waals surface area contributed by atoms with E-state index in [2.05, 4.69) is 40.6 Å². The lowest BCUT2D eigenvalue weighted by Crippen LogP contribution is -2.35. The third kappa shape index (κ3) is 3.94. The maximum absolute atomic E-state index is 12.8. The summed E-state index contributed by atoms with van der Waals surface area (Å²) in [5, 5.41) is 2.97. The monoisotopic (exact) mass is 410 g/mol. The fraction of sp³-hybridized carbons (Fsp3) is 0.318. The quantitative estimate of drug-likeness (QED) is 0.478. The zero-order valence-electron chi connectivity index (χ0n) is 17.4. The highest BCUT2D eigenvalue weighted by Gasteiger charge is 2.36. The van der Waals surface area contributed by atoms with Crippen LogP contribution in [0.25, 0.3) is 0 Å². The van der Waals surface area contributed by atoms with Crippen LogP contribution >= 0.6 is 0 Å². The van der Waals surface area contributed by atoms with Crippen LogP contribution in [0, 0.1) is 0 Å². The van der Waals surface area contributed by atoms with Crippen molar-refractivity contribution >= 4 is 17.5 Å². The van der Waals surface area contributed by atoms with Gasteiger partial charge in [-0.05, 0) is 38.5 Å². The van der Waals surface area contributed by atoms with Crippen LogP contribution in [0.15, 0.2) is 57.8 Å². The lowest BCUT2D eigenvalue weighted by Gasteiger charge is -2.29. The Hall–Kier alpha value is -3.55. The number of anilines is 2. The van der Waals surface area contributed by atoms with E-state index >= 15 is 0 Å². The molecule has 1 aliphatic rings. The largest absolute Gasteiger partial charge is 0.458 e. The third-order valence-electron chi connectivity index (χ3n) is 5.18. The number of ether oxygens (including phenoxy) is 1. The van der Waals surface area contributed by atoms with Crippen molar-refractivity contribution in [2.75, 3.05) is 29.9 Å². The molecule has 0 spiro atoms. The summed E-state index contributed by atoms with van der Waals surface area (Å²) < 4.78 is 5.28. The van der Waals surface area contributed by atoms with Gasteiger partial charge in [0.25, 0.3) is 5.56 Å². The standard InChI is InChI=1S/C22H26N4O4/c1-5-12-30-21(28)16-13(4)23-19-18(20(27)25-22(29)24-19)17(16)14-8-10-15(11-9-14)26(6-2)7-3/h5,8-11,17H,1,6-7,12H2,2-4H3,(H3,23,24,25,27,29)/t17-/m1/s1. The van der Waals surface area contributed by atoms with Crippen LogP contribution in [0.5, 0.6) is 0 Å². The highest BCUT2D eigenvalue weighted by atomic mass is 16.5. The molecule has 0 saturated heterocycles. The molecule has 30 heavy (non-hydrogen) atoms. The SMILES string of the molecule is C=CCOC(=O)C1=C(C)Nc2[nH]c(=O)[nH]c(=O)c2[C@@H]1c1ccc(N(CC)CC)cc1. The molecule has 8 nitrogen and oxygen atoms in total. The minimum absolute atomic E-state index is 0.0536. The minimum atomic E-state index is -0.690. The van der Waals surface area contributed by atoms with Gasteiger partial charge in [0.15, 0.2) is 0 Å². The molecule has 0 radical (unpaired) electrons. The Bertz CT molecular complexity index is 1090. The molecule has 0 aliphatic carbocycles. The van der Waals surface area contributed by atoms with Gasteiger partial charge < -0.3 is 15.0 Å². The molecule has 3 rings (SSSR count). The van der Waals surface area contributed by atoms with E-state index in [0.717, 1.165) is 24.3 Å². The second-order valence-electron chi connectivity index (χ2n) is 6.94. The number of carbonyl (C=O) groups excluding carboxylic acids is 1. The van der Waals surface area contributed by atoms with E-state index < -0.39 is 23.1 Å². The van der Waals surface area contributed by atoms with Gasteiger partial charge in [-0.3, -0.25) is 14.8 Å². The van der Waals surface area contributed by atoms with Crippen molar-refractivity contribution in [2.24, 2.45) is 0 Å². The van der Waals surface area contributed by atoms with Crippen LogP contribution in [-0.2, 0) is 9.53 Å². The molecule has 0 bridgehead atoms. The molecule has 1 atom stereocenters. The number of rotatable bonds is 7. The highest BCUT2D eigenvalue weighted by molar-refractivity contribution is 5.94. The number of carbonyl (C=O) groups is 1. The van der Waals surface area contributed by atoms with E-state index in [4.69, 9.17) is 4.74 Å². The van der Waals surface area contributed by atoms with E-state index in [1.165, 1.54) is 6.08 Å². The summed E-state index contributed by atoms with van der Waals surface area (Å²) in [6.07, 6.45) is 1.48. The van der Waals surface area contributed by atoms with Gasteiger partial charge in [-0.25, -0.2) is 9.59 Å². The molecular formula is C22H26N4O4. The Kier molecular flexibility index (Phi) is 6.25. The molecule has 2 aromatic rings. The normalized spacial score (nSPS) is 15.2. The van der Waals surface area contributed by atoms with Gasteiger partial charge in [-0.1, -0.05) is 24.8 Å². The molecule has 1 aromatic carbocycles. The summed E-state index contributed by atoms with van der Waals surface area (Å²) in [6.45, 7) is 11.2. The van der Waals surface area contributed by atoms with Gasteiger partial charge in [0.2, 0.25) is 0 Å². The third-order valence-corrected chi connectivity index (χ3v) is 5.18. The number of H-pyrrole nitrogens is 2. The maximum Gasteiger partial charge on any atom is 0.337 e. The molecule has 2 heterocycles. The van der Waals surface area contributed by atoms with Gasteiger partial charge in [-0.15, -0.1) is 0 Å². The molecule has 0 saturated carbocycles. The number of allylic oxidation sites excluding steroid dienone is 1. The number of esters is 1. The van der Waals surface area contributed by atoms with Gasteiger partial charge in [-0.2, -0.15) is 0 Å². The van der Waals surface area contributed by atoms with Crippen LogP contribution in [-0.4, -0.2) is 35.6 Å². The Morgan fingerprint density at radius 1 is 1.17 bits per heavy atom. The number of aromatic amines is 2. The molecule has 0 amide bonds. The summed E-state index contributed by atoms with van der Waals surface area (Å²) in [4.78, 5) is 44.4.